The molecule has 2 saturated heterocycles. The molecule has 0 radical (unpaired) electrons. The van der Waals surface area contributed by atoms with Crippen LogP contribution in [-0.4, -0.2) is 42.2 Å². The zero-order chi connectivity index (χ0) is 16.9. The minimum atomic E-state index is 0.579. The summed E-state index contributed by atoms with van der Waals surface area (Å²) in [5, 5.41) is 3.74. The highest BCUT2D eigenvalue weighted by molar-refractivity contribution is 5.49. The van der Waals surface area contributed by atoms with Gasteiger partial charge in [0.15, 0.2) is 0 Å². The summed E-state index contributed by atoms with van der Waals surface area (Å²) in [6.07, 6.45) is 8.58. The lowest BCUT2D eigenvalue weighted by Crippen LogP contribution is -2.42. The summed E-state index contributed by atoms with van der Waals surface area (Å²) in [5.74, 6) is 0.860. The highest BCUT2D eigenvalue weighted by Crippen LogP contribution is 2.21. The lowest BCUT2D eigenvalue weighted by molar-refractivity contribution is 0.411. The first-order valence-electron chi connectivity index (χ1n) is 9.48. The predicted octanol–water partition coefficient (Wildman–Crippen LogP) is 2.84. The van der Waals surface area contributed by atoms with Gasteiger partial charge >= 0.3 is 0 Å². The molecule has 0 atom stereocenters. The van der Waals surface area contributed by atoms with E-state index in [0.29, 0.717) is 6.04 Å². The number of piperidine rings is 1. The van der Waals surface area contributed by atoms with E-state index in [-0.39, 0.29) is 0 Å². The lowest BCUT2D eigenvalue weighted by Gasteiger charge is -2.32. The molecule has 5 nitrogen and oxygen atoms in total. The molecule has 0 aliphatic carbocycles. The summed E-state index contributed by atoms with van der Waals surface area (Å²) >= 11 is 0. The average Bonchev–Trinajstić information content (AvgIpc) is 3.23. The van der Waals surface area contributed by atoms with Crippen molar-refractivity contribution >= 4 is 11.6 Å². The van der Waals surface area contributed by atoms with Crippen molar-refractivity contribution in [3.8, 4) is 0 Å². The number of hydrogen-bond donors (Lipinski definition) is 1. The fourth-order valence-electron chi connectivity index (χ4n) is 3.84. The highest BCUT2D eigenvalue weighted by Gasteiger charge is 2.20. The van der Waals surface area contributed by atoms with Crippen LogP contribution in [0.4, 0.5) is 11.6 Å². The molecule has 25 heavy (non-hydrogen) atoms. The molecule has 4 rings (SSSR count). The van der Waals surface area contributed by atoms with Crippen molar-refractivity contribution in [3.05, 3.63) is 48.3 Å². The first-order valence-corrected chi connectivity index (χ1v) is 9.48. The summed E-state index contributed by atoms with van der Waals surface area (Å²) in [5.41, 5.74) is 2.77. The van der Waals surface area contributed by atoms with Crippen LogP contribution in [0, 0.1) is 0 Å². The second-order valence-corrected chi connectivity index (χ2v) is 7.06. The second kappa shape index (κ2) is 7.83. The van der Waals surface area contributed by atoms with E-state index in [1.165, 1.54) is 37.2 Å². The summed E-state index contributed by atoms with van der Waals surface area (Å²) in [4.78, 5) is 13.5. The summed E-state index contributed by atoms with van der Waals surface area (Å²) in [6, 6.07) is 11.5. The van der Waals surface area contributed by atoms with Gasteiger partial charge in [-0.15, -0.1) is 0 Å². The molecule has 0 spiro atoms. The van der Waals surface area contributed by atoms with Gasteiger partial charge in [-0.05, 0) is 49.4 Å². The molecule has 5 heteroatoms. The van der Waals surface area contributed by atoms with Crippen molar-refractivity contribution in [2.75, 3.05) is 36.0 Å². The van der Waals surface area contributed by atoms with Gasteiger partial charge in [-0.1, -0.05) is 12.1 Å². The molecule has 1 aromatic carbocycles. The van der Waals surface area contributed by atoms with Crippen LogP contribution in [0.5, 0.6) is 0 Å². The molecule has 1 N–H and O–H groups in total. The third-order valence-corrected chi connectivity index (χ3v) is 5.31. The van der Waals surface area contributed by atoms with Crippen LogP contribution >= 0.6 is 0 Å². The Kier molecular flexibility index (Phi) is 5.11. The maximum absolute atomic E-state index is 4.36. The van der Waals surface area contributed by atoms with Crippen molar-refractivity contribution in [1.29, 1.82) is 0 Å². The van der Waals surface area contributed by atoms with Gasteiger partial charge in [-0.3, -0.25) is 0 Å². The second-order valence-electron chi connectivity index (χ2n) is 7.06. The molecule has 0 bridgehead atoms. The number of nitrogens with zero attached hydrogens (tertiary/aromatic N) is 4. The van der Waals surface area contributed by atoms with Crippen LogP contribution in [-0.2, 0) is 6.54 Å². The normalized spacial score (nSPS) is 18.7. The maximum Gasteiger partial charge on any atom is 0.225 e. The number of anilines is 2. The molecule has 3 heterocycles. The maximum atomic E-state index is 4.36. The monoisotopic (exact) mass is 337 g/mol. The predicted molar refractivity (Wildman–Crippen MR) is 102 cm³/mol. The largest absolute Gasteiger partial charge is 0.372 e. The summed E-state index contributed by atoms with van der Waals surface area (Å²) in [7, 11) is 0. The van der Waals surface area contributed by atoms with Gasteiger partial charge in [0.1, 0.15) is 0 Å². The first kappa shape index (κ1) is 16.3. The molecular formula is C20H27N5. The van der Waals surface area contributed by atoms with Gasteiger partial charge in [-0.25, -0.2) is 9.97 Å². The van der Waals surface area contributed by atoms with Crippen LogP contribution < -0.4 is 15.1 Å². The number of nitrogens with one attached hydrogen (secondary N) is 1. The van der Waals surface area contributed by atoms with Crippen LogP contribution in [0.25, 0.3) is 0 Å². The van der Waals surface area contributed by atoms with Crippen molar-refractivity contribution in [2.45, 2.75) is 38.3 Å². The van der Waals surface area contributed by atoms with E-state index in [1.807, 2.05) is 18.5 Å². The van der Waals surface area contributed by atoms with E-state index in [2.05, 4.69) is 49.4 Å². The Morgan fingerprint density at radius 2 is 1.68 bits per heavy atom. The van der Waals surface area contributed by atoms with Crippen LogP contribution in [0.3, 0.4) is 0 Å². The molecule has 2 aliphatic rings. The quantitative estimate of drug-likeness (QED) is 0.909. The third kappa shape index (κ3) is 4.10. The van der Waals surface area contributed by atoms with E-state index in [9.17, 15) is 0 Å². The molecule has 132 valence electrons. The van der Waals surface area contributed by atoms with E-state index in [0.717, 1.165) is 38.4 Å². The Morgan fingerprint density at radius 1 is 0.920 bits per heavy atom. The lowest BCUT2D eigenvalue weighted by atomic mass is 10.0. The molecule has 0 unspecified atom stereocenters. The third-order valence-electron chi connectivity index (χ3n) is 5.31. The van der Waals surface area contributed by atoms with E-state index < -0.39 is 0 Å². The number of aromatic nitrogens is 2. The Hall–Kier alpha value is -2.14. The zero-order valence-corrected chi connectivity index (χ0v) is 14.8. The highest BCUT2D eigenvalue weighted by atomic mass is 15.3. The average molecular weight is 337 g/mol. The molecule has 2 aromatic rings. The Labute approximate surface area is 150 Å². The van der Waals surface area contributed by atoms with E-state index in [1.54, 1.807) is 0 Å². The summed E-state index contributed by atoms with van der Waals surface area (Å²) < 4.78 is 0. The van der Waals surface area contributed by atoms with E-state index in [4.69, 9.17) is 0 Å². The van der Waals surface area contributed by atoms with Crippen molar-refractivity contribution in [3.63, 3.8) is 0 Å². The number of benzene rings is 1. The number of hydrogen-bond acceptors (Lipinski definition) is 5. The standard InChI is InChI=1S/C20H27N5/c1-2-12-24(11-1)19-6-3-5-17(15-19)16-23-18-7-13-25(14-8-18)20-21-9-4-10-22-20/h3-6,9-10,15,18,23H,1-2,7-8,11-14,16H2. The van der Waals surface area contributed by atoms with Crippen LogP contribution in [0.2, 0.25) is 0 Å². The van der Waals surface area contributed by atoms with E-state index >= 15 is 0 Å². The fourth-order valence-corrected chi connectivity index (χ4v) is 3.84. The molecule has 1 aromatic heterocycles. The fraction of sp³-hybridized carbons (Fsp3) is 0.500. The first-order chi connectivity index (χ1) is 12.4. The SMILES string of the molecule is c1cnc(N2CCC(NCc3cccc(N4CCCC4)c3)CC2)nc1. The smallest absolute Gasteiger partial charge is 0.225 e. The molecule has 2 fully saturated rings. The van der Waals surface area contributed by atoms with Crippen molar-refractivity contribution in [2.24, 2.45) is 0 Å². The molecular weight excluding hydrogens is 310 g/mol. The van der Waals surface area contributed by atoms with Crippen LogP contribution in [0.1, 0.15) is 31.2 Å². The number of rotatable bonds is 5. The van der Waals surface area contributed by atoms with Gasteiger partial charge in [0.05, 0.1) is 0 Å². The van der Waals surface area contributed by atoms with Gasteiger partial charge in [0.2, 0.25) is 5.95 Å². The topological polar surface area (TPSA) is 44.3 Å². The van der Waals surface area contributed by atoms with Gasteiger partial charge in [0.25, 0.3) is 0 Å². The minimum Gasteiger partial charge on any atom is -0.372 e. The van der Waals surface area contributed by atoms with Crippen molar-refractivity contribution < 1.29 is 0 Å². The Morgan fingerprint density at radius 3 is 2.44 bits per heavy atom. The Bertz CT molecular complexity index is 661. The van der Waals surface area contributed by atoms with Gasteiger partial charge < -0.3 is 15.1 Å². The van der Waals surface area contributed by atoms with Crippen LogP contribution in [0.15, 0.2) is 42.7 Å². The minimum absolute atomic E-state index is 0.579. The molecule has 0 saturated carbocycles. The zero-order valence-electron chi connectivity index (χ0n) is 14.8. The van der Waals surface area contributed by atoms with Gasteiger partial charge in [0, 0.05) is 56.8 Å². The van der Waals surface area contributed by atoms with Gasteiger partial charge in [-0.2, -0.15) is 0 Å². The molecule has 0 amide bonds. The molecule has 2 aliphatic heterocycles. The Balaban J connectivity index is 1.27. The van der Waals surface area contributed by atoms with Crippen molar-refractivity contribution in [1.82, 2.24) is 15.3 Å². The summed E-state index contributed by atoms with van der Waals surface area (Å²) in [6.45, 7) is 5.41.